The van der Waals surface area contributed by atoms with Crippen LogP contribution in [0, 0.1) is 0 Å². The summed E-state index contributed by atoms with van der Waals surface area (Å²) in [6, 6.07) is 4.99. The highest BCUT2D eigenvalue weighted by Gasteiger charge is 2.19. The Morgan fingerprint density at radius 3 is 2.58 bits per heavy atom. The van der Waals surface area contributed by atoms with E-state index in [9.17, 15) is 4.79 Å². The Morgan fingerprint density at radius 1 is 1.42 bits per heavy atom. The number of methoxy groups -OCH3 is 1. The van der Waals surface area contributed by atoms with Gasteiger partial charge in [-0.3, -0.25) is 9.69 Å². The van der Waals surface area contributed by atoms with Crippen LogP contribution in [0.3, 0.4) is 0 Å². The fraction of sp³-hybridized carbons (Fsp3) is 0.500. The van der Waals surface area contributed by atoms with E-state index in [2.05, 4.69) is 10.2 Å². The van der Waals surface area contributed by atoms with Crippen molar-refractivity contribution in [3.8, 4) is 5.75 Å². The van der Waals surface area contributed by atoms with Crippen molar-refractivity contribution in [2.45, 2.75) is 26.8 Å². The van der Waals surface area contributed by atoms with Gasteiger partial charge in [0.25, 0.3) is 0 Å². The molecule has 1 unspecified atom stereocenters. The van der Waals surface area contributed by atoms with Gasteiger partial charge in [-0.25, -0.2) is 0 Å². The van der Waals surface area contributed by atoms with Gasteiger partial charge in [0, 0.05) is 5.69 Å². The van der Waals surface area contributed by atoms with Gasteiger partial charge in [0.05, 0.1) is 18.8 Å². The lowest BCUT2D eigenvalue weighted by Gasteiger charge is -2.25. The molecule has 1 amide bonds. The average molecular weight is 265 g/mol. The summed E-state index contributed by atoms with van der Waals surface area (Å²) in [6.45, 7) is 7.63. The minimum absolute atomic E-state index is 0.0624. The molecule has 19 heavy (non-hydrogen) atoms. The maximum atomic E-state index is 12.2. The van der Waals surface area contributed by atoms with Gasteiger partial charge in [0.1, 0.15) is 5.75 Å². The SMILES string of the molecule is CCN(CC)C(C)C(=O)Nc1cc(N)ccc1OC. The molecule has 1 aromatic rings. The Hall–Kier alpha value is -1.75. The smallest absolute Gasteiger partial charge is 0.241 e. The molecule has 0 heterocycles. The number of nitrogens with zero attached hydrogens (tertiary/aromatic N) is 1. The van der Waals surface area contributed by atoms with Crippen molar-refractivity contribution in [3.05, 3.63) is 18.2 Å². The molecule has 1 aromatic carbocycles. The number of hydrogen-bond donors (Lipinski definition) is 2. The fourth-order valence-electron chi connectivity index (χ4n) is 2.00. The molecular weight excluding hydrogens is 242 g/mol. The fourth-order valence-corrected chi connectivity index (χ4v) is 2.00. The zero-order chi connectivity index (χ0) is 14.4. The number of anilines is 2. The van der Waals surface area contributed by atoms with Crippen molar-refractivity contribution < 1.29 is 9.53 Å². The minimum atomic E-state index is -0.193. The number of amides is 1. The predicted molar refractivity (Wildman–Crippen MR) is 78.4 cm³/mol. The second-order valence-corrected chi connectivity index (χ2v) is 4.35. The van der Waals surface area contributed by atoms with Gasteiger partial charge in [-0.15, -0.1) is 0 Å². The lowest BCUT2D eigenvalue weighted by molar-refractivity contribution is -0.120. The van der Waals surface area contributed by atoms with Gasteiger partial charge in [0.15, 0.2) is 0 Å². The quantitative estimate of drug-likeness (QED) is 0.771. The Balaban J connectivity index is 2.84. The first-order chi connectivity index (χ1) is 9.03. The van der Waals surface area contributed by atoms with Gasteiger partial charge >= 0.3 is 0 Å². The summed E-state index contributed by atoms with van der Waals surface area (Å²) in [5, 5.41) is 2.87. The molecule has 0 aromatic heterocycles. The van der Waals surface area contributed by atoms with Crippen LogP contribution in [0.15, 0.2) is 18.2 Å². The summed E-state index contributed by atoms with van der Waals surface area (Å²) in [5.74, 6) is 0.543. The summed E-state index contributed by atoms with van der Waals surface area (Å²) in [6.07, 6.45) is 0. The van der Waals surface area contributed by atoms with E-state index in [0.29, 0.717) is 17.1 Å². The first-order valence-electron chi connectivity index (χ1n) is 6.51. The van der Waals surface area contributed by atoms with E-state index in [1.54, 1.807) is 25.3 Å². The first kappa shape index (κ1) is 15.3. The number of nitrogens with two attached hydrogens (primary N) is 1. The van der Waals surface area contributed by atoms with Crippen LogP contribution in [0.4, 0.5) is 11.4 Å². The van der Waals surface area contributed by atoms with Gasteiger partial charge < -0.3 is 15.8 Å². The zero-order valence-electron chi connectivity index (χ0n) is 12.1. The molecular formula is C14H23N3O2. The van der Waals surface area contributed by atoms with E-state index in [1.807, 2.05) is 20.8 Å². The van der Waals surface area contributed by atoms with Crippen LogP contribution in [-0.2, 0) is 4.79 Å². The number of nitrogens with one attached hydrogen (secondary N) is 1. The van der Waals surface area contributed by atoms with Crippen molar-refractivity contribution in [1.82, 2.24) is 4.90 Å². The zero-order valence-corrected chi connectivity index (χ0v) is 12.1. The van der Waals surface area contributed by atoms with E-state index in [0.717, 1.165) is 13.1 Å². The molecule has 0 aliphatic rings. The van der Waals surface area contributed by atoms with Crippen LogP contribution in [0.1, 0.15) is 20.8 Å². The summed E-state index contributed by atoms with van der Waals surface area (Å²) < 4.78 is 5.21. The monoisotopic (exact) mass is 265 g/mol. The van der Waals surface area contributed by atoms with E-state index < -0.39 is 0 Å². The van der Waals surface area contributed by atoms with Crippen LogP contribution < -0.4 is 15.8 Å². The summed E-state index contributed by atoms with van der Waals surface area (Å²) in [5.41, 5.74) is 6.92. The molecule has 0 spiro atoms. The highest BCUT2D eigenvalue weighted by atomic mass is 16.5. The summed E-state index contributed by atoms with van der Waals surface area (Å²) >= 11 is 0. The molecule has 0 radical (unpaired) electrons. The molecule has 106 valence electrons. The molecule has 0 bridgehead atoms. The third-order valence-corrected chi connectivity index (χ3v) is 3.22. The number of nitrogen functional groups attached to an aromatic ring is 1. The Kier molecular flexibility index (Phi) is 5.63. The normalized spacial score (nSPS) is 12.3. The van der Waals surface area contributed by atoms with Crippen molar-refractivity contribution in [2.24, 2.45) is 0 Å². The third kappa shape index (κ3) is 3.86. The van der Waals surface area contributed by atoms with E-state index in [4.69, 9.17) is 10.5 Å². The molecule has 1 atom stereocenters. The molecule has 5 nitrogen and oxygen atoms in total. The number of benzene rings is 1. The van der Waals surface area contributed by atoms with Crippen molar-refractivity contribution >= 4 is 17.3 Å². The van der Waals surface area contributed by atoms with Crippen molar-refractivity contribution in [2.75, 3.05) is 31.2 Å². The maximum Gasteiger partial charge on any atom is 0.241 e. The van der Waals surface area contributed by atoms with Crippen LogP contribution >= 0.6 is 0 Å². The molecule has 0 fully saturated rings. The highest BCUT2D eigenvalue weighted by Crippen LogP contribution is 2.26. The van der Waals surface area contributed by atoms with E-state index >= 15 is 0 Å². The van der Waals surface area contributed by atoms with Crippen LogP contribution in [0.5, 0.6) is 5.75 Å². The number of carbonyl (C=O) groups is 1. The molecule has 0 saturated carbocycles. The summed E-state index contributed by atoms with van der Waals surface area (Å²) in [4.78, 5) is 14.3. The molecule has 5 heteroatoms. The predicted octanol–water partition coefficient (Wildman–Crippen LogP) is 1.95. The summed E-state index contributed by atoms with van der Waals surface area (Å²) in [7, 11) is 1.56. The lowest BCUT2D eigenvalue weighted by atomic mass is 10.2. The molecule has 3 N–H and O–H groups in total. The largest absolute Gasteiger partial charge is 0.495 e. The second-order valence-electron chi connectivity index (χ2n) is 4.35. The molecule has 0 aliphatic heterocycles. The number of rotatable bonds is 6. The average Bonchev–Trinajstić information content (AvgIpc) is 2.40. The Morgan fingerprint density at radius 2 is 2.05 bits per heavy atom. The van der Waals surface area contributed by atoms with Gasteiger partial charge in [-0.2, -0.15) is 0 Å². The first-order valence-corrected chi connectivity index (χ1v) is 6.51. The standard InChI is InChI=1S/C14H23N3O2/c1-5-17(6-2)10(3)14(18)16-12-9-11(15)7-8-13(12)19-4/h7-10H,5-6,15H2,1-4H3,(H,16,18). The van der Waals surface area contributed by atoms with E-state index in [1.165, 1.54) is 0 Å². The van der Waals surface area contributed by atoms with Crippen molar-refractivity contribution in [1.29, 1.82) is 0 Å². The van der Waals surface area contributed by atoms with Gasteiger partial charge in [-0.05, 0) is 38.2 Å². The number of hydrogen-bond acceptors (Lipinski definition) is 4. The van der Waals surface area contributed by atoms with Gasteiger partial charge in [-0.1, -0.05) is 13.8 Å². The number of likely N-dealkylation sites (N-methyl/N-ethyl adjacent to an activating group) is 1. The molecule has 0 aliphatic carbocycles. The maximum absolute atomic E-state index is 12.2. The molecule has 0 saturated heterocycles. The number of ether oxygens (including phenoxy) is 1. The third-order valence-electron chi connectivity index (χ3n) is 3.22. The van der Waals surface area contributed by atoms with Gasteiger partial charge in [0.2, 0.25) is 5.91 Å². The van der Waals surface area contributed by atoms with Crippen LogP contribution in [0.25, 0.3) is 0 Å². The highest BCUT2D eigenvalue weighted by molar-refractivity contribution is 5.96. The number of carbonyl (C=O) groups excluding carboxylic acids is 1. The molecule has 1 rings (SSSR count). The second kappa shape index (κ2) is 6.99. The minimum Gasteiger partial charge on any atom is -0.495 e. The topological polar surface area (TPSA) is 67.6 Å². The Labute approximate surface area is 114 Å². The van der Waals surface area contributed by atoms with Crippen molar-refractivity contribution in [3.63, 3.8) is 0 Å². The van der Waals surface area contributed by atoms with Crippen LogP contribution in [-0.4, -0.2) is 37.0 Å². The van der Waals surface area contributed by atoms with Crippen LogP contribution in [0.2, 0.25) is 0 Å². The Bertz CT molecular complexity index is 431. The van der Waals surface area contributed by atoms with E-state index in [-0.39, 0.29) is 11.9 Å². The lowest BCUT2D eigenvalue weighted by Crippen LogP contribution is -2.41.